The van der Waals surface area contributed by atoms with Gasteiger partial charge >= 0.3 is 0 Å². The number of amides is 1. The zero-order chi connectivity index (χ0) is 17.5. The maximum atomic E-state index is 12.0. The molecule has 0 spiro atoms. The number of hydrogen-bond acceptors (Lipinski definition) is 6. The zero-order valence-electron chi connectivity index (χ0n) is 14.5. The van der Waals surface area contributed by atoms with Crippen molar-refractivity contribution in [3.63, 3.8) is 0 Å². The first-order valence-electron chi connectivity index (χ1n) is 8.58. The number of nitrogens with one attached hydrogen (secondary N) is 1. The molecule has 6 nitrogen and oxygen atoms in total. The number of rotatable bonds is 7. The Morgan fingerprint density at radius 1 is 1.20 bits per heavy atom. The third-order valence-corrected chi connectivity index (χ3v) is 4.84. The molecule has 0 radical (unpaired) electrons. The first-order valence-corrected chi connectivity index (χ1v) is 9.46. The van der Waals surface area contributed by atoms with Gasteiger partial charge in [-0.1, -0.05) is 12.1 Å². The summed E-state index contributed by atoms with van der Waals surface area (Å²) >= 11 is 1.44. The molecule has 2 heterocycles. The third-order valence-electron chi connectivity index (χ3n) is 4.15. The van der Waals surface area contributed by atoms with E-state index in [1.165, 1.54) is 16.9 Å². The van der Waals surface area contributed by atoms with Crippen LogP contribution in [0.25, 0.3) is 0 Å². The fourth-order valence-corrected chi connectivity index (χ4v) is 3.41. The van der Waals surface area contributed by atoms with Crippen LogP contribution in [0.1, 0.15) is 12.5 Å². The molecule has 1 aliphatic rings. The van der Waals surface area contributed by atoms with Crippen LogP contribution in [0.15, 0.2) is 35.8 Å². The quantitative estimate of drug-likeness (QED) is 0.821. The van der Waals surface area contributed by atoms with Crippen molar-refractivity contribution >= 4 is 22.4 Å². The van der Waals surface area contributed by atoms with Gasteiger partial charge in [0, 0.05) is 44.3 Å². The Labute approximate surface area is 152 Å². The fourth-order valence-electron chi connectivity index (χ4n) is 2.87. The van der Waals surface area contributed by atoms with Crippen molar-refractivity contribution in [1.82, 2.24) is 14.8 Å². The van der Waals surface area contributed by atoms with E-state index in [9.17, 15) is 4.79 Å². The second-order valence-corrected chi connectivity index (χ2v) is 6.91. The van der Waals surface area contributed by atoms with Gasteiger partial charge in [-0.25, -0.2) is 4.98 Å². The summed E-state index contributed by atoms with van der Waals surface area (Å²) in [6.45, 7) is 7.80. The van der Waals surface area contributed by atoms with Crippen LogP contribution in [-0.2, 0) is 11.3 Å². The minimum atomic E-state index is 0.00918. The molecule has 1 saturated heterocycles. The molecule has 1 aliphatic heterocycles. The third kappa shape index (κ3) is 5.52. The minimum Gasteiger partial charge on any atom is -0.494 e. The highest BCUT2D eigenvalue weighted by Crippen LogP contribution is 2.15. The van der Waals surface area contributed by atoms with E-state index in [0.29, 0.717) is 18.3 Å². The average molecular weight is 360 g/mol. The topological polar surface area (TPSA) is 57.7 Å². The van der Waals surface area contributed by atoms with Crippen LogP contribution in [0.4, 0.5) is 5.13 Å². The van der Waals surface area contributed by atoms with Crippen LogP contribution in [-0.4, -0.2) is 60.0 Å². The van der Waals surface area contributed by atoms with Gasteiger partial charge in [0.2, 0.25) is 5.91 Å². The van der Waals surface area contributed by atoms with Gasteiger partial charge in [-0.3, -0.25) is 14.6 Å². The van der Waals surface area contributed by atoms with E-state index in [-0.39, 0.29) is 5.91 Å². The van der Waals surface area contributed by atoms with E-state index < -0.39 is 0 Å². The van der Waals surface area contributed by atoms with Crippen LogP contribution in [0.5, 0.6) is 5.75 Å². The molecule has 1 amide bonds. The summed E-state index contributed by atoms with van der Waals surface area (Å²) < 4.78 is 5.48. The molecule has 0 unspecified atom stereocenters. The van der Waals surface area contributed by atoms with Gasteiger partial charge in [-0.05, 0) is 24.6 Å². The van der Waals surface area contributed by atoms with Gasteiger partial charge in [-0.15, -0.1) is 11.3 Å². The molecule has 25 heavy (non-hydrogen) atoms. The van der Waals surface area contributed by atoms with Crippen molar-refractivity contribution in [2.75, 3.05) is 44.6 Å². The van der Waals surface area contributed by atoms with Crippen LogP contribution in [0, 0.1) is 0 Å². The fraction of sp³-hybridized carbons (Fsp3) is 0.444. The van der Waals surface area contributed by atoms with Gasteiger partial charge in [-0.2, -0.15) is 0 Å². The van der Waals surface area contributed by atoms with Crippen LogP contribution >= 0.6 is 11.3 Å². The largest absolute Gasteiger partial charge is 0.494 e. The Hall–Kier alpha value is -1.96. The number of carbonyl (C=O) groups excluding carboxylic acids is 1. The van der Waals surface area contributed by atoms with Crippen LogP contribution < -0.4 is 10.1 Å². The highest BCUT2D eigenvalue weighted by molar-refractivity contribution is 7.13. The second-order valence-electron chi connectivity index (χ2n) is 6.01. The molecular weight excluding hydrogens is 336 g/mol. The maximum Gasteiger partial charge on any atom is 0.240 e. The molecule has 0 atom stereocenters. The van der Waals surface area contributed by atoms with E-state index in [2.05, 4.69) is 32.2 Å². The number of carbonyl (C=O) groups is 1. The van der Waals surface area contributed by atoms with Crippen molar-refractivity contribution in [3.8, 4) is 5.75 Å². The lowest BCUT2D eigenvalue weighted by atomic mass is 10.2. The van der Waals surface area contributed by atoms with Gasteiger partial charge < -0.3 is 10.1 Å². The Morgan fingerprint density at radius 2 is 1.92 bits per heavy atom. The monoisotopic (exact) mass is 360 g/mol. The van der Waals surface area contributed by atoms with E-state index >= 15 is 0 Å². The lowest BCUT2D eigenvalue weighted by Crippen LogP contribution is -2.48. The normalized spacial score (nSPS) is 15.9. The summed E-state index contributed by atoms with van der Waals surface area (Å²) in [4.78, 5) is 20.7. The van der Waals surface area contributed by atoms with Crippen molar-refractivity contribution in [1.29, 1.82) is 0 Å². The lowest BCUT2D eigenvalue weighted by Gasteiger charge is -2.34. The summed E-state index contributed by atoms with van der Waals surface area (Å²) in [7, 11) is 0. The molecule has 0 bridgehead atoms. The molecule has 7 heteroatoms. The first-order chi connectivity index (χ1) is 12.2. The highest BCUT2D eigenvalue weighted by Gasteiger charge is 2.19. The molecule has 1 fully saturated rings. The number of thiazole rings is 1. The van der Waals surface area contributed by atoms with Crippen molar-refractivity contribution in [3.05, 3.63) is 41.4 Å². The molecule has 1 N–H and O–H groups in total. The van der Waals surface area contributed by atoms with Gasteiger partial charge in [0.05, 0.1) is 13.2 Å². The zero-order valence-corrected chi connectivity index (χ0v) is 15.3. The molecule has 0 saturated carbocycles. The lowest BCUT2D eigenvalue weighted by molar-refractivity contribution is -0.117. The number of ether oxygens (including phenoxy) is 1. The number of anilines is 1. The first kappa shape index (κ1) is 17.8. The van der Waals surface area contributed by atoms with Crippen molar-refractivity contribution in [2.24, 2.45) is 0 Å². The number of hydrogen-bond donors (Lipinski definition) is 1. The molecule has 0 aliphatic carbocycles. The van der Waals surface area contributed by atoms with Crippen molar-refractivity contribution < 1.29 is 9.53 Å². The van der Waals surface area contributed by atoms with E-state index in [4.69, 9.17) is 4.74 Å². The smallest absolute Gasteiger partial charge is 0.240 e. The summed E-state index contributed by atoms with van der Waals surface area (Å²) in [5, 5.41) is 5.36. The number of benzene rings is 1. The van der Waals surface area contributed by atoms with E-state index in [0.717, 1.165) is 38.5 Å². The van der Waals surface area contributed by atoms with Crippen LogP contribution in [0.2, 0.25) is 0 Å². The average Bonchev–Trinajstić information content (AvgIpc) is 3.11. The Morgan fingerprint density at radius 3 is 2.56 bits per heavy atom. The Balaban J connectivity index is 1.40. The molecule has 1 aromatic heterocycles. The van der Waals surface area contributed by atoms with Crippen molar-refractivity contribution in [2.45, 2.75) is 13.5 Å². The van der Waals surface area contributed by atoms with E-state index in [1.54, 1.807) is 6.20 Å². The van der Waals surface area contributed by atoms with E-state index in [1.807, 2.05) is 24.4 Å². The Kier molecular flexibility index (Phi) is 6.38. The molecule has 1 aromatic carbocycles. The number of nitrogens with zero attached hydrogens (tertiary/aromatic N) is 3. The van der Waals surface area contributed by atoms with Crippen LogP contribution in [0.3, 0.4) is 0 Å². The highest BCUT2D eigenvalue weighted by atomic mass is 32.1. The van der Waals surface area contributed by atoms with Gasteiger partial charge in [0.1, 0.15) is 5.75 Å². The summed E-state index contributed by atoms with van der Waals surface area (Å²) in [6, 6.07) is 8.30. The summed E-state index contributed by atoms with van der Waals surface area (Å²) in [6.07, 6.45) is 1.69. The second kappa shape index (κ2) is 8.94. The molecule has 2 aromatic rings. The predicted octanol–water partition coefficient (Wildman–Crippen LogP) is 2.30. The number of piperazine rings is 1. The predicted molar refractivity (Wildman–Crippen MR) is 100 cm³/mol. The minimum absolute atomic E-state index is 0.00918. The van der Waals surface area contributed by atoms with Gasteiger partial charge in [0.15, 0.2) is 5.13 Å². The van der Waals surface area contributed by atoms with Gasteiger partial charge in [0.25, 0.3) is 0 Å². The maximum absolute atomic E-state index is 12.0. The summed E-state index contributed by atoms with van der Waals surface area (Å²) in [5.41, 5.74) is 1.29. The number of aromatic nitrogens is 1. The Bertz CT molecular complexity index is 652. The molecule has 134 valence electrons. The standard InChI is InChI=1S/C18H24N4O2S/c1-2-24-16-5-3-15(4-6-16)13-21-8-10-22(11-9-21)14-17(23)20-18-19-7-12-25-18/h3-7,12H,2,8-11,13-14H2,1H3,(H,19,20,23). The SMILES string of the molecule is CCOc1ccc(CN2CCN(CC(=O)Nc3nccs3)CC2)cc1. The summed E-state index contributed by atoms with van der Waals surface area (Å²) in [5.74, 6) is 0.928. The molecule has 3 rings (SSSR count). The molecular formula is C18H24N4O2S.